The molecular formula is C28H26FN3O3S. The lowest BCUT2D eigenvalue weighted by Crippen LogP contribution is -2.08. The number of fused-ring (bicyclic) bond motifs is 2. The highest BCUT2D eigenvalue weighted by Gasteiger charge is 2.23. The molecule has 0 atom stereocenters. The molecule has 8 heteroatoms. The van der Waals surface area contributed by atoms with Gasteiger partial charge in [-0.2, -0.15) is 0 Å². The molecule has 0 saturated carbocycles. The van der Waals surface area contributed by atoms with Gasteiger partial charge >= 0.3 is 0 Å². The number of nitrogens with zero attached hydrogens (tertiary/aromatic N) is 2. The summed E-state index contributed by atoms with van der Waals surface area (Å²) >= 11 is 1.56. The van der Waals surface area contributed by atoms with E-state index in [1.807, 2.05) is 43.8 Å². The number of hydrogen-bond donors (Lipinski definition) is 2. The predicted octanol–water partition coefficient (Wildman–Crippen LogP) is 6.45. The van der Waals surface area contributed by atoms with Crippen LogP contribution in [0.4, 0.5) is 10.1 Å². The van der Waals surface area contributed by atoms with Crippen molar-refractivity contribution in [2.45, 2.75) is 13.0 Å². The Morgan fingerprint density at radius 2 is 1.75 bits per heavy atom. The van der Waals surface area contributed by atoms with Crippen LogP contribution in [0.15, 0.2) is 67.0 Å². The third kappa shape index (κ3) is 4.52. The van der Waals surface area contributed by atoms with Gasteiger partial charge in [-0.05, 0) is 53.4 Å². The van der Waals surface area contributed by atoms with Gasteiger partial charge in [0.25, 0.3) is 0 Å². The highest BCUT2D eigenvalue weighted by atomic mass is 32.2. The molecule has 36 heavy (non-hydrogen) atoms. The first-order chi connectivity index (χ1) is 17.5. The van der Waals surface area contributed by atoms with E-state index in [9.17, 15) is 9.50 Å². The van der Waals surface area contributed by atoms with Crippen LogP contribution in [-0.4, -0.2) is 35.5 Å². The average molecular weight is 504 g/mol. The average Bonchev–Trinajstić information content (AvgIpc) is 3.28. The number of nitrogens with one attached hydrogen (secondary N) is 1. The van der Waals surface area contributed by atoms with Crippen molar-refractivity contribution in [3.8, 4) is 17.4 Å². The van der Waals surface area contributed by atoms with Gasteiger partial charge < -0.3 is 23.9 Å². The number of rotatable bonds is 8. The zero-order chi connectivity index (χ0) is 25.2. The third-order valence-electron chi connectivity index (χ3n) is 6.23. The fourth-order valence-corrected chi connectivity index (χ4v) is 4.74. The molecule has 0 aliphatic carbocycles. The Bertz CT molecular complexity index is 1520. The topological polar surface area (TPSA) is 70.6 Å². The van der Waals surface area contributed by atoms with Crippen molar-refractivity contribution in [3.05, 3.63) is 89.5 Å². The lowest BCUT2D eigenvalue weighted by molar-refractivity contribution is 0.312. The quantitative estimate of drug-likeness (QED) is 0.237. The highest BCUT2D eigenvalue weighted by Crippen LogP contribution is 2.47. The lowest BCUT2D eigenvalue weighted by atomic mass is 10.0. The van der Waals surface area contributed by atoms with E-state index in [4.69, 9.17) is 9.47 Å². The van der Waals surface area contributed by atoms with Gasteiger partial charge in [-0.1, -0.05) is 36.2 Å². The van der Waals surface area contributed by atoms with Crippen LogP contribution in [0.2, 0.25) is 0 Å². The molecule has 184 valence electrons. The SMILES string of the molecule is COc1ccc(COc2c3[nH]cc(Cc4ccc(F)cc4)cc3c(N(C)SC)c3cnc(O)c23)cc1. The Morgan fingerprint density at radius 1 is 1.03 bits per heavy atom. The number of hydrogen-bond acceptors (Lipinski definition) is 6. The molecule has 0 spiro atoms. The molecule has 0 radical (unpaired) electrons. The van der Waals surface area contributed by atoms with Gasteiger partial charge in [0.1, 0.15) is 18.2 Å². The number of ether oxygens (including phenoxy) is 2. The maximum atomic E-state index is 13.4. The molecule has 6 nitrogen and oxygen atoms in total. The van der Waals surface area contributed by atoms with Crippen LogP contribution in [0.5, 0.6) is 17.4 Å². The van der Waals surface area contributed by atoms with Crippen LogP contribution in [0.1, 0.15) is 16.7 Å². The number of benzene rings is 3. The van der Waals surface area contributed by atoms with E-state index in [-0.39, 0.29) is 11.7 Å². The second-order valence-corrected chi connectivity index (χ2v) is 9.38. The van der Waals surface area contributed by atoms with E-state index in [1.165, 1.54) is 12.1 Å². The number of methoxy groups -OCH3 is 1. The van der Waals surface area contributed by atoms with Crippen molar-refractivity contribution in [3.63, 3.8) is 0 Å². The minimum Gasteiger partial charge on any atom is -0.497 e. The highest BCUT2D eigenvalue weighted by molar-refractivity contribution is 7.99. The summed E-state index contributed by atoms with van der Waals surface area (Å²) < 4.78 is 27.0. The molecule has 2 heterocycles. The van der Waals surface area contributed by atoms with E-state index in [0.717, 1.165) is 44.4 Å². The molecule has 2 aromatic heterocycles. The molecule has 0 unspecified atom stereocenters. The fraction of sp³-hybridized carbons (Fsp3) is 0.179. The second-order valence-electron chi connectivity index (χ2n) is 8.46. The monoisotopic (exact) mass is 503 g/mol. The summed E-state index contributed by atoms with van der Waals surface area (Å²) in [6.07, 6.45) is 6.24. The van der Waals surface area contributed by atoms with Crippen molar-refractivity contribution in [1.82, 2.24) is 9.97 Å². The van der Waals surface area contributed by atoms with Gasteiger partial charge in [0.15, 0.2) is 5.75 Å². The van der Waals surface area contributed by atoms with Gasteiger partial charge in [0.05, 0.1) is 23.7 Å². The number of H-pyrrole nitrogens is 1. The Kier molecular flexibility index (Phi) is 6.61. The third-order valence-corrected chi connectivity index (χ3v) is 6.96. The lowest BCUT2D eigenvalue weighted by Gasteiger charge is -2.22. The molecule has 5 aromatic rings. The fourth-order valence-electron chi connectivity index (χ4n) is 4.36. The minimum absolute atomic E-state index is 0.0730. The number of anilines is 1. The summed E-state index contributed by atoms with van der Waals surface area (Å²) in [6.45, 7) is 0.307. The number of aromatic hydroxyl groups is 1. The van der Waals surface area contributed by atoms with Gasteiger partial charge in [0.2, 0.25) is 5.88 Å². The molecule has 2 N–H and O–H groups in total. The van der Waals surface area contributed by atoms with Crippen LogP contribution in [0.25, 0.3) is 21.7 Å². The Hall–Kier alpha value is -3.91. The van der Waals surface area contributed by atoms with E-state index < -0.39 is 0 Å². The van der Waals surface area contributed by atoms with Gasteiger partial charge in [0, 0.05) is 36.5 Å². The molecule has 3 aromatic carbocycles. The van der Waals surface area contributed by atoms with Crippen LogP contribution in [0.3, 0.4) is 0 Å². The van der Waals surface area contributed by atoms with Crippen molar-refractivity contribution < 1.29 is 19.0 Å². The standard InChI is InChI=1S/C28H26FN3O3S/c1-32(36-3)26-22-13-19(12-17-4-8-20(29)9-5-17)14-30-25(22)27(24-23(26)15-31-28(24)33)35-16-18-6-10-21(34-2)11-7-18/h4-11,13-15,30,33H,12,16H2,1-3H3. The molecule has 0 amide bonds. The first-order valence-corrected chi connectivity index (χ1v) is 12.6. The summed E-state index contributed by atoms with van der Waals surface area (Å²) in [6, 6.07) is 16.3. The molecule has 0 saturated heterocycles. The molecule has 0 fully saturated rings. The summed E-state index contributed by atoms with van der Waals surface area (Å²) in [4.78, 5) is 7.62. The summed E-state index contributed by atoms with van der Waals surface area (Å²) in [5.74, 6) is 0.988. The van der Waals surface area contributed by atoms with Crippen molar-refractivity contribution in [1.29, 1.82) is 0 Å². The van der Waals surface area contributed by atoms with E-state index in [1.54, 1.807) is 37.4 Å². The predicted molar refractivity (Wildman–Crippen MR) is 144 cm³/mol. The van der Waals surface area contributed by atoms with Crippen molar-refractivity contribution in [2.75, 3.05) is 24.7 Å². The largest absolute Gasteiger partial charge is 0.497 e. The van der Waals surface area contributed by atoms with Crippen LogP contribution in [0, 0.1) is 5.82 Å². The minimum atomic E-state index is -0.253. The van der Waals surface area contributed by atoms with Gasteiger partial charge in [-0.3, -0.25) is 0 Å². The Labute approximate surface area is 212 Å². The van der Waals surface area contributed by atoms with Crippen LogP contribution < -0.4 is 13.8 Å². The Morgan fingerprint density at radius 3 is 2.44 bits per heavy atom. The Balaban J connectivity index is 1.63. The van der Waals surface area contributed by atoms with Crippen molar-refractivity contribution in [2.24, 2.45) is 0 Å². The summed E-state index contributed by atoms with van der Waals surface area (Å²) in [5, 5.41) is 13.0. The van der Waals surface area contributed by atoms with E-state index in [2.05, 4.69) is 20.3 Å². The smallest absolute Gasteiger partial charge is 0.222 e. The molecular weight excluding hydrogens is 477 g/mol. The first-order valence-electron chi connectivity index (χ1n) is 11.4. The number of aromatic nitrogens is 2. The molecule has 5 rings (SSSR count). The van der Waals surface area contributed by atoms with E-state index >= 15 is 0 Å². The normalized spacial score (nSPS) is 11.2. The second kappa shape index (κ2) is 9.99. The van der Waals surface area contributed by atoms with Crippen LogP contribution >= 0.6 is 11.9 Å². The molecule has 0 aliphatic rings. The molecule has 0 aliphatic heterocycles. The number of aromatic amines is 1. The van der Waals surface area contributed by atoms with E-state index in [0.29, 0.717) is 24.2 Å². The van der Waals surface area contributed by atoms with Crippen molar-refractivity contribution >= 4 is 39.3 Å². The number of pyridine rings is 1. The summed E-state index contributed by atoms with van der Waals surface area (Å²) in [5.41, 5.74) is 4.70. The van der Waals surface area contributed by atoms with Gasteiger partial charge in [-0.25, -0.2) is 9.37 Å². The maximum absolute atomic E-state index is 13.4. The van der Waals surface area contributed by atoms with Crippen LogP contribution in [-0.2, 0) is 13.0 Å². The number of halogens is 1. The zero-order valence-corrected chi connectivity index (χ0v) is 21.0. The maximum Gasteiger partial charge on any atom is 0.222 e. The summed E-state index contributed by atoms with van der Waals surface area (Å²) in [7, 11) is 3.61. The zero-order valence-electron chi connectivity index (χ0n) is 20.2. The first kappa shape index (κ1) is 23.8. The molecule has 0 bridgehead atoms. The van der Waals surface area contributed by atoms with Gasteiger partial charge in [-0.15, -0.1) is 0 Å².